The lowest BCUT2D eigenvalue weighted by Gasteiger charge is -2.28. The molecule has 3 aromatic rings. The van der Waals surface area contributed by atoms with Crippen molar-refractivity contribution in [2.45, 2.75) is 38.6 Å². The summed E-state index contributed by atoms with van der Waals surface area (Å²) < 4.78 is 6.78. The summed E-state index contributed by atoms with van der Waals surface area (Å²) in [6, 6.07) is 17.2. The number of amides is 2. The second-order valence-corrected chi connectivity index (χ2v) is 9.38. The Morgan fingerprint density at radius 2 is 1.77 bits per heavy atom. The van der Waals surface area contributed by atoms with E-state index >= 15 is 0 Å². The predicted molar refractivity (Wildman–Crippen MR) is 131 cm³/mol. The molecule has 8 nitrogen and oxygen atoms in total. The number of ether oxygens (including phenoxy) is 1. The number of aromatic nitrogens is 2. The highest BCUT2D eigenvalue weighted by molar-refractivity contribution is 6.07. The van der Waals surface area contributed by atoms with Gasteiger partial charge in [-0.3, -0.25) is 9.59 Å². The smallest absolute Gasteiger partial charge is 0.277 e. The van der Waals surface area contributed by atoms with E-state index in [0.29, 0.717) is 35.7 Å². The number of benzene rings is 2. The summed E-state index contributed by atoms with van der Waals surface area (Å²) in [4.78, 5) is 27.6. The Labute approximate surface area is 204 Å². The van der Waals surface area contributed by atoms with Crippen molar-refractivity contribution in [3.63, 3.8) is 0 Å². The summed E-state index contributed by atoms with van der Waals surface area (Å²) in [6.07, 6.45) is 2.36. The van der Waals surface area contributed by atoms with E-state index in [4.69, 9.17) is 4.74 Å². The molecular formula is C27H27N5O3. The minimum Gasteiger partial charge on any atom is -0.497 e. The molecule has 1 N–H and O–H groups in total. The molecule has 2 amide bonds. The number of methoxy groups -OCH3 is 1. The van der Waals surface area contributed by atoms with E-state index in [1.54, 1.807) is 28.8 Å². The van der Waals surface area contributed by atoms with Gasteiger partial charge in [0.25, 0.3) is 5.91 Å². The summed E-state index contributed by atoms with van der Waals surface area (Å²) in [5.41, 5.74) is 3.57. The summed E-state index contributed by atoms with van der Waals surface area (Å²) in [5.74, 6) is 0.477. The van der Waals surface area contributed by atoms with Gasteiger partial charge < -0.3 is 15.0 Å². The van der Waals surface area contributed by atoms with Crippen molar-refractivity contribution in [1.29, 1.82) is 5.26 Å². The lowest BCUT2D eigenvalue weighted by Crippen LogP contribution is -2.39. The molecule has 0 atom stereocenters. The van der Waals surface area contributed by atoms with Crippen LogP contribution in [0.4, 0.5) is 5.69 Å². The molecule has 0 radical (unpaired) electrons. The number of hydrogen-bond donors (Lipinski definition) is 1. The van der Waals surface area contributed by atoms with E-state index in [1.807, 2.05) is 50.2 Å². The first-order chi connectivity index (χ1) is 16.9. The van der Waals surface area contributed by atoms with Crippen molar-refractivity contribution in [3.8, 4) is 17.5 Å². The number of nitrogens with zero attached hydrogens (tertiary/aromatic N) is 4. The molecular weight excluding hydrogens is 442 g/mol. The van der Waals surface area contributed by atoms with Crippen LogP contribution in [0.2, 0.25) is 0 Å². The normalized spacial score (nSPS) is 16.0. The minimum atomic E-state index is -0.298. The number of nitrogens with one attached hydrogen (secondary N) is 1. The highest BCUT2D eigenvalue weighted by atomic mass is 16.5. The summed E-state index contributed by atoms with van der Waals surface area (Å²) in [5, 5.41) is 17.2. The zero-order chi connectivity index (χ0) is 24.7. The third-order valence-electron chi connectivity index (χ3n) is 6.81. The van der Waals surface area contributed by atoms with Crippen molar-refractivity contribution < 1.29 is 14.3 Å². The maximum atomic E-state index is 13.7. The first kappa shape index (κ1) is 22.7. The SMILES string of the molecule is COc1ccc(-n2nc(C#N)c3c2C(=O)N(c2ccc(C4(NC(=O)C(C)C)CC4)cc2)CC3)cc1. The zero-order valence-corrected chi connectivity index (χ0v) is 20.0. The molecule has 178 valence electrons. The average Bonchev–Trinajstić information content (AvgIpc) is 3.56. The van der Waals surface area contributed by atoms with Crippen LogP contribution >= 0.6 is 0 Å². The Morgan fingerprint density at radius 3 is 2.34 bits per heavy atom. The van der Waals surface area contributed by atoms with Gasteiger partial charge in [0.2, 0.25) is 5.91 Å². The third kappa shape index (κ3) is 3.93. The van der Waals surface area contributed by atoms with Crippen LogP contribution in [0.5, 0.6) is 5.75 Å². The molecule has 2 aliphatic rings. The van der Waals surface area contributed by atoms with Gasteiger partial charge >= 0.3 is 0 Å². The first-order valence-electron chi connectivity index (χ1n) is 11.8. The van der Waals surface area contributed by atoms with Gasteiger partial charge in [-0.1, -0.05) is 26.0 Å². The van der Waals surface area contributed by atoms with Gasteiger partial charge in [-0.2, -0.15) is 10.4 Å². The lowest BCUT2D eigenvalue weighted by molar-refractivity contribution is -0.125. The fourth-order valence-electron chi connectivity index (χ4n) is 4.56. The van der Waals surface area contributed by atoms with Crippen LogP contribution in [0.15, 0.2) is 48.5 Å². The van der Waals surface area contributed by atoms with E-state index < -0.39 is 0 Å². The molecule has 0 bridgehead atoms. The van der Waals surface area contributed by atoms with Gasteiger partial charge in [-0.15, -0.1) is 0 Å². The molecule has 1 aromatic heterocycles. The minimum absolute atomic E-state index is 0.0467. The molecule has 2 heterocycles. The molecule has 1 aliphatic carbocycles. The van der Waals surface area contributed by atoms with E-state index in [0.717, 1.165) is 24.1 Å². The van der Waals surface area contributed by atoms with E-state index in [9.17, 15) is 14.9 Å². The number of carbonyl (C=O) groups excluding carboxylic acids is 2. The van der Waals surface area contributed by atoms with E-state index in [-0.39, 0.29) is 29.0 Å². The Bertz CT molecular complexity index is 1330. The van der Waals surface area contributed by atoms with Crippen molar-refractivity contribution in [2.24, 2.45) is 5.92 Å². The van der Waals surface area contributed by atoms with E-state index in [1.165, 1.54) is 0 Å². The number of fused-ring (bicyclic) bond motifs is 1. The lowest BCUT2D eigenvalue weighted by atomic mass is 10.0. The van der Waals surface area contributed by atoms with Crippen LogP contribution in [-0.4, -0.2) is 35.2 Å². The zero-order valence-electron chi connectivity index (χ0n) is 20.0. The molecule has 1 fully saturated rings. The van der Waals surface area contributed by atoms with Crippen LogP contribution < -0.4 is 15.0 Å². The number of nitriles is 1. The maximum absolute atomic E-state index is 13.7. The monoisotopic (exact) mass is 469 g/mol. The second kappa shape index (κ2) is 8.58. The van der Waals surface area contributed by atoms with Crippen LogP contribution in [0.25, 0.3) is 5.69 Å². The second-order valence-electron chi connectivity index (χ2n) is 9.38. The summed E-state index contributed by atoms with van der Waals surface area (Å²) in [7, 11) is 1.59. The first-order valence-corrected chi connectivity index (χ1v) is 11.8. The molecule has 35 heavy (non-hydrogen) atoms. The summed E-state index contributed by atoms with van der Waals surface area (Å²) in [6.45, 7) is 4.24. The van der Waals surface area contributed by atoms with Crippen molar-refractivity contribution in [1.82, 2.24) is 15.1 Å². The van der Waals surface area contributed by atoms with Crippen LogP contribution in [0.3, 0.4) is 0 Å². The molecule has 1 saturated carbocycles. The van der Waals surface area contributed by atoms with Crippen LogP contribution in [-0.2, 0) is 16.8 Å². The highest BCUT2D eigenvalue weighted by Crippen LogP contribution is 2.46. The largest absolute Gasteiger partial charge is 0.497 e. The molecule has 5 rings (SSSR count). The van der Waals surface area contributed by atoms with Gasteiger partial charge in [0.15, 0.2) is 5.69 Å². The molecule has 0 unspecified atom stereocenters. The average molecular weight is 470 g/mol. The van der Waals surface area contributed by atoms with Crippen molar-refractivity contribution in [2.75, 3.05) is 18.6 Å². The molecule has 2 aromatic carbocycles. The summed E-state index contributed by atoms with van der Waals surface area (Å²) >= 11 is 0. The fraction of sp³-hybridized carbons (Fsp3) is 0.333. The molecule has 8 heteroatoms. The van der Waals surface area contributed by atoms with Crippen LogP contribution in [0, 0.1) is 17.2 Å². The van der Waals surface area contributed by atoms with Gasteiger partial charge in [0.1, 0.15) is 17.5 Å². The quantitative estimate of drug-likeness (QED) is 0.593. The van der Waals surface area contributed by atoms with Crippen molar-refractivity contribution >= 4 is 17.5 Å². The number of rotatable bonds is 6. The Balaban J connectivity index is 1.44. The topological polar surface area (TPSA) is 100 Å². The molecule has 1 aliphatic heterocycles. The number of hydrogen-bond acceptors (Lipinski definition) is 5. The Morgan fingerprint density at radius 1 is 1.11 bits per heavy atom. The van der Waals surface area contributed by atoms with Crippen LogP contribution in [0.1, 0.15) is 54.0 Å². The van der Waals surface area contributed by atoms with Gasteiger partial charge in [-0.05, 0) is 61.2 Å². The number of anilines is 1. The van der Waals surface area contributed by atoms with Gasteiger partial charge in [0, 0.05) is 23.7 Å². The van der Waals surface area contributed by atoms with Crippen molar-refractivity contribution in [3.05, 3.63) is 71.0 Å². The Hall–Kier alpha value is -4.12. The molecule has 0 saturated heterocycles. The maximum Gasteiger partial charge on any atom is 0.277 e. The standard InChI is InChI=1S/C27H27N5O3/c1-17(2)25(33)29-27(13-14-27)18-4-6-19(7-5-18)31-15-12-22-23(16-28)30-32(24(22)26(31)34)20-8-10-21(35-3)11-9-20/h4-11,17H,12-15H2,1-3H3,(H,29,33). The highest BCUT2D eigenvalue weighted by Gasteiger charge is 2.46. The van der Waals surface area contributed by atoms with Gasteiger partial charge in [-0.25, -0.2) is 4.68 Å². The Kier molecular flexibility index (Phi) is 5.56. The number of carbonyl (C=O) groups is 2. The molecule has 0 spiro atoms. The fourth-order valence-corrected chi connectivity index (χ4v) is 4.56. The third-order valence-corrected chi connectivity index (χ3v) is 6.81. The predicted octanol–water partition coefficient (Wildman–Crippen LogP) is 3.72. The van der Waals surface area contributed by atoms with E-state index in [2.05, 4.69) is 16.5 Å². The van der Waals surface area contributed by atoms with Gasteiger partial charge in [0.05, 0.1) is 18.3 Å².